The van der Waals surface area contributed by atoms with Crippen molar-refractivity contribution < 1.29 is 27.5 Å². The summed E-state index contributed by atoms with van der Waals surface area (Å²) in [5.74, 6) is -1.23. The van der Waals surface area contributed by atoms with Gasteiger partial charge in [0.05, 0.1) is 16.7 Å². The molecule has 10 heteroatoms. The molecule has 1 atom stereocenters. The highest BCUT2D eigenvalue weighted by Gasteiger charge is 2.28. The predicted molar refractivity (Wildman–Crippen MR) is 111 cm³/mol. The molecule has 30 heavy (non-hydrogen) atoms. The van der Waals surface area contributed by atoms with Gasteiger partial charge < -0.3 is 14.8 Å². The second-order valence-electron chi connectivity index (χ2n) is 7.48. The van der Waals surface area contributed by atoms with Crippen LogP contribution in [-0.2, 0) is 24.3 Å². The molecule has 2 fully saturated rings. The topological polar surface area (TPSA) is 102 Å². The van der Waals surface area contributed by atoms with Crippen LogP contribution in [-0.4, -0.2) is 63.6 Å². The van der Waals surface area contributed by atoms with Crippen LogP contribution in [0.15, 0.2) is 23.1 Å². The van der Waals surface area contributed by atoms with E-state index >= 15 is 0 Å². The number of carbonyl (C=O) groups excluding carboxylic acids is 2. The molecule has 2 saturated heterocycles. The van der Waals surface area contributed by atoms with Crippen LogP contribution < -0.4 is 5.32 Å². The lowest BCUT2D eigenvalue weighted by molar-refractivity contribution is -0.124. The number of rotatable bonds is 7. The van der Waals surface area contributed by atoms with Crippen molar-refractivity contribution in [2.24, 2.45) is 0 Å². The minimum atomic E-state index is -3.82. The van der Waals surface area contributed by atoms with E-state index in [1.165, 1.54) is 22.5 Å². The minimum absolute atomic E-state index is 0.00679. The Labute approximate surface area is 181 Å². The van der Waals surface area contributed by atoms with E-state index in [1.54, 1.807) is 0 Å². The highest BCUT2D eigenvalue weighted by molar-refractivity contribution is 7.89. The number of nitrogens with one attached hydrogen (secondary N) is 1. The first-order valence-corrected chi connectivity index (χ1v) is 12.0. The Morgan fingerprint density at radius 2 is 1.90 bits per heavy atom. The van der Waals surface area contributed by atoms with Crippen molar-refractivity contribution in [3.63, 3.8) is 0 Å². The molecule has 1 N–H and O–H groups in total. The molecular formula is C20H27ClN2O6S. The van der Waals surface area contributed by atoms with Crippen LogP contribution in [0.5, 0.6) is 0 Å². The van der Waals surface area contributed by atoms with Gasteiger partial charge in [-0.25, -0.2) is 13.2 Å². The van der Waals surface area contributed by atoms with Crippen LogP contribution in [0, 0.1) is 0 Å². The normalized spacial score (nSPS) is 20.5. The van der Waals surface area contributed by atoms with Gasteiger partial charge >= 0.3 is 5.97 Å². The minimum Gasteiger partial charge on any atom is -0.452 e. The van der Waals surface area contributed by atoms with Gasteiger partial charge in [0.2, 0.25) is 10.0 Å². The van der Waals surface area contributed by atoms with Crippen LogP contribution in [0.2, 0.25) is 5.02 Å². The molecule has 2 aliphatic heterocycles. The second kappa shape index (κ2) is 10.6. The first-order chi connectivity index (χ1) is 14.4. The van der Waals surface area contributed by atoms with Crippen molar-refractivity contribution in [2.75, 3.05) is 32.8 Å². The Morgan fingerprint density at radius 1 is 1.17 bits per heavy atom. The van der Waals surface area contributed by atoms with E-state index in [4.69, 9.17) is 21.1 Å². The number of halogens is 1. The number of amides is 1. The highest BCUT2D eigenvalue weighted by Crippen LogP contribution is 2.28. The molecule has 2 heterocycles. The lowest BCUT2D eigenvalue weighted by Gasteiger charge is -2.21. The van der Waals surface area contributed by atoms with Crippen LogP contribution in [0.4, 0.5) is 0 Å². The summed E-state index contributed by atoms with van der Waals surface area (Å²) in [6, 6.07) is 3.96. The second-order valence-corrected chi connectivity index (χ2v) is 9.79. The summed E-state index contributed by atoms with van der Waals surface area (Å²) in [5, 5.41) is 2.71. The first kappa shape index (κ1) is 23.0. The number of esters is 1. The third-order valence-corrected chi connectivity index (χ3v) is 7.62. The third kappa shape index (κ3) is 5.94. The summed E-state index contributed by atoms with van der Waals surface area (Å²) in [5.41, 5.74) is 0.0275. The average Bonchev–Trinajstić information content (AvgIpc) is 3.10. The summed E-state index contributed by atoms with van der Waals surface area (Å²) >= 11 is 6.14. The van der Waals surface area contributed by atoms with E-state index in [1.807, 2.05) is 0 Å². The molecule has 8 nitrogen and oxygen atoms in total. The Hall–Kier alpha value is -1.68. The summed E-state index contributed by atoms with van der Waals surface area (Å²) in [6.45, 7) is 1.46. The highest BCUT2D eigenvalue weighted by atomic mass is 35.5. The van der Waals surface area contributed by atoms with Gasteiger partial charge in [0.1, 0.15) is 4.90 Å². The smallest absolute Gasteiger partial charge is 0.338 e. The number of benzene rings is 1. The molecule has 1 amide bonds. The summed E-state index contributed by atoms with van der Waals surface area (Å²) < 4.78 is 37.9. The molecular weight excluding hydrogens is 432 g/mol. The zero-order valence-electron chi connectivity index (χ0n) is 16.8. The summed E-state index contributed by atoms with van der Waals surface area (Å²) in [4.78, 5) is 24.1. The SMILES string of the molecule is O=C(COC(=O)c1ccc(Cl)c(S(=O)(=O)N2CCCCCC2)c1)NCC1CCCO1. The van der Waals surface area contributed by atoms with Gasteiger partial charge in [-0.2, -0.15) is 4.31 Å². The van der Waals surface area contributed by atoms with Gasteiger partial charge in [-0.3, -0.25) is 4.79 Å². The standard InChI is InChI=1S/C20H27ClN2O6S/c21-17-8-7-15(12-18(17)30(26,27)23-9-3-1-2-4-10-23)20(25)29-14-19(24)22-13-16-6-5-11-28-16/h7-8,12,16H,1-6,9-11,13-14H2,(H,22,24). The first-order valence-electron chi connectivity index (χ1n) is 10.2. The Bertz CT molecular complexity index is 862. The zero-order chi connectivity index (χ0) is 21.6. The van der Waals surface area contributed by atoms with Crippen molar-refractivity contribution in [1.82, 2.24) is 9.62 Å². The van der Waals surface area contributed by atoms with Crippen LogP contribution in [0.25, 0.3) is 0 Å². The lowest BCUT2D eigenvalue weighted by Crippen LogP contribution is -2.35. The fourth-order valence-corrected chi connectivity index (χ4v) is 5.57. The Kier molecular flexibility index (Phi) is 8.10. The van der Waals surface area contributed by atoms with E-state index < -0.39 is 28.5 Å². The number of carbonyl (C=O) groups is 2. The molecule has 0 saturated carbocycles. The Balaban J connectivity index is 1.62. The molecule has 2 aliphatic rings. The molecule has 0 aromatic heterocycles. The maximum absolute atomic E-state index is 13.0. The molecule has 0 bridgehead atoms. The number of hydrogen-bond acceptors (Lipinski definition) is 6. The fourth-order valence-electron chi connectivity index (χ4n) is 3.55. The molecule has 1 aromatic carbocycles. The van der Waals surface area contributed by atoms with Gasteiger partial charge in [0.15, 0.2) is 6.61 Å². The van der Waals surface area contributed by atoms with Crippen molar-refractivity contribution in [3.05, 3.63) is 28.8 Å². The maximum atomic E-state index is 13.0. The number of sulfonamides is 1. The van der Waals surface area contributed by atoms with Gasteiger partial charge in [-0.1, -0.05) is 24.4 Å². The molecule has 3 rings (SSSR count). The maximum Gasteiger partial charge on any atom is 0.338 e. The molecule has 0 radical (unpaired) electrons. The van der Waals surface area contributed by atoms with Gasteiger partial charge in [0, 0.05) is 26.2 Å². The number of ether oxygens (including phenoxy) is 2. The van der Waals surface area contributed by atoms with Crippen molar-refractivity contribution in [3.8, 4) is 0 Å². The van der Waals surface area contributed by atoms with Crippen LogP contribution in [0.1, 0.15) is 48.9 Å². The Morgan fingerprint density at radius 3 is 2.57 bits per heavy atom. The van der Waals surface area contributed by atoms with Crippen LogP contribution in [0.3, 0.4) is 0 Å². The zero-order valence-corrected chi connectivity index (χ0v) is 18.3. The van der Waals surface area contributed by atoms with Gasteiger partial charge in [-0.05, 0) is 43.9 Å². The molecule has 0 spiro atoms. The van der Waals surface area contributed by atoms with E-state index in [9.17, 15) is 18.0 Å². The van der Waals surface area contributed by atoms with Gasteiger partial charge in [0.25, 0.3) is 5.91 Å². The van der Waals surface area contributed by atoms with Crippen molar-refractivity contribution in [1.29, 1.82) is 0 Å². The number of nitrogens with zero attached hydrogens (tertiary/aromatic N) is 1. The third-order valence-electron chi connectivity index (χ3n) is 5.24. The van der Waals surface area contributed by atoms with E-state index in [2.05, 4.69) is 5.32 Å². The van der Waals surface area contributed by atoms with Crippen LogP contribution >= 0.6 is 11.6 Å². The summed E-state index contributed by atoms with van der Waals surface area (Å²) in [7, 11) is -3.82. The van der Waals surface area contributed by atoms with Crippen molar-refractivity contribution in [2.45, 2.75) is 49.5 Å². The monoisotopic (exact) mass is 458 g/mol. The lowest BCUT2D eigenvalue weighted by atomic mass is 10.2. The molecule has 166 valence electrons. The molecule has 0 aliphatic carbocycles. The van der Waals surface area contributed by atoms with E-state index in [0.717, 1.165) is 38.5 Å². The van der Waals surface area contributed by atoms with Gasteiger partial charge in [-0.15, -0.1) is 0 Å². The van der Waals surface area contributed by atoms with E-state index in [0.29, 0.717) is 26.2 Å². The quantitative estimate of drug-likeness (QED) is 0.629. The molecule has 1 unspecified atom stereocenters. The predicted octanol–water partition coefficient (Wildman–Crippen LogP) is 2.36. The average molecular weight is 459 g/mol. The largest absolute Gasteiger partial charge is 0.452 e. The fraction of sp³-hybridized carbons (Fsp3) is 0.600. The number of hydrogen-bond donors (Lipinski definition) is 1. The molecule has 1 aromatic rings. The summed E-state index contributed by atoms with van der Waals surface area (Å²) in [6.07, 6.45) is 5.41. The van der Waals surface area contributed by atoms with Crippen molar-refractivity contribution >= 4 is 33.5 Å². The van der Waals surface area contributed by atoms with E-state index in [-0.39, 0.29) is 21.6 Å².